The fraction of sp³-hybridized carbons (Fsp3) is 0.211. The normalized spacial score (nSPS) is 11.5. The quantitative estimate of drug-likeness (QED) is 0.613. The Morgan fingerprint density at radius 2 is 1.88 bits per heavy atom. The standard InChI is InChI=1S/C19H18O6S/c1-3-23-19(20)18-16(15-9-4-5-10-17(15)25-18)12-24-13-7-6-8-14(11-13)26(2,21)22/h4-11H,3,12H2,1-2H3. The molecule has 0 saturated heterocycles. The summed E-state index contributed by atoms with van der Waals surface area (Å²) in [6.45, 7) is 1.98. The molecule has 0 amide bonds. The zero-order valence-electron chi connectivity index (χ0n) is 14.4. The number of ether oxygens (including phenoxy) is 2. The van der Waals surface area contributed by atoms with Crippen LogP contribution in [0.2, 0.25) is 0 Å². The third kappa shape index (κ3) is 3.72. The van der Waals surface area contributed by atoms with Crippen molar-refractivity contribution < 1.29 is 27.1 Å². The SMILES string of the molecule is CCOC(=O)c1oc2ccccc2c1COc1cccc(S(C)(=O)=O)c1. The summed E-state index contributed by atoms with van der Waals surface area (Å²) in [5, 5.41) is 0.745. The first-order valence-electron chi connectivity index (χ1n) is 8.00. The average molecular weight is 374 g/mol. The van der Waals surface area contributed by atoms with Crippen molar-refractivity contribution in [2.75, 3.05) is 12.9 Å². The van der Waals surface area contributed by atoms with Gasteiger partial charge in [-0.05, 0) is 31.2 Å². The van der Waals surface area contributed by atoms with Gasteiger partial charge < -0.3 is 13.9 Å². The highest BCUT2D eigenvalue weighted by Gasteiger charge is 2.22. The number of esters is 1. The molecular weight excluding hydrogens is 356 g/mol. The average Bonchev–Trinajstić information content (AvgIpc) is 2.98. The van der Waals surface area contributed by atoms with Crippen LogP contribution in [0.1, 0.15) is 23.0 Å². The first-order chi connectivity index (χ1) is 12.4. The number of benzene rings is 2. The summed E-state index contributed by atoms with van der Waals surface area (Å²) in [7, 11) is -3.33. The molecule has 0 radical (unpaired) electrons. The van der Waals surface area contributed by atoms with Gasteiger partial charge in [-0.25, -0.2) is 13.2 Å². The number of furan rings is 1. The molecule has 26 heavy (non-hydrogen) atoms. The van der Waals surface area contributed by atoms with Crippen molar-refractivity contribution in [3.63, 3.8) is 0 Å². The largest absolute Gasteiger partial charge is 0.489 e. The van der Waals surface area contributed by atoms with Gasteiger partial charge in [0, 0.05) is 11.6 Å². The van der Waals surface area contributed by atoms with E-state index >= 15 is 0 Å². The van der Waals surface area contributed by atoms with E-state index in [1.54, 1.807) is 31.2 Å². The van der Waals surface area contributed by atoms with Crippen LogP contribution < -0.4 is 4.74 Å². The highest BCUT2D eigenvalue weighted by molar-refractivity contribution is 7.90. The zero-order valence-corrected chi connectivity index (χ0v) is 15.2. The molecule has 0 N–H and O–H groups in total. The van der Waals surface area contributed by atoms with E-state index in [4.69, 9.17) is 13.9 Å². The van der Waals surface area contributed by atoms with Crippen LogP contribution in [0.25, 0.3) is 11.0 Å². The Bertz CT molecular complexity index is 1050. The van der Waals surface area contributed by atoms with Crippen molar-refractivity contribution in [3.05, 3.63) is 59.9 Å². The summed E-state index contributed by atoms with van der Waals surface area (Å²) >= 11 is 0. The van der Waals surface area contributed by atoms with Crippen LogP contribution >= 0.6 is 0 Å². The van der Waals surface area contributed by atoms with Gasteiger partial charge >= 0.3 is 5.97 Å². The van der Waals surface area contributed by atoms with Crippen LogP contribution in [0.3, 0.4) is 0 Å². The molecule has 6 nitrogen and oxygen atoms in total. The number of fused-ring (bicyclic) bond motifs is 1. The van der Waals surface area contributed by atoms with Crippen LogP contribution in [0.15, 0.2) is 57.8 Å². The molecular formula is C19H18O6S. The van der Waals surface area contributed by atoms with Crippen LogP contribution in [0, 0.1) is 0 Å². The fourth-order valence-electron chi connectivity index (χ4n) is 2.55. The van der Waals surface area contributed by atoms with Gasteiger partial charge in [0.05, 0.1) is 17.1 Å². The highest BCUT2D eigenvalue weighted by atomic mass is 32.2. The molecule has 0 fully saturated rings. The second-order valence-corrected chi connectivity index (χ2v) is 7.68. The van der Waals surface area contributed by atoms with Crippen molar-refractivity contribution >= 4 is 26.8 Å². The van der Waals surface area contributed by atoms with E-state index < -0.39 is 15.8 Å². The van der Waals surface area contributed by atoms with Crippen molar-refractivity contribution in [2.45, 2.75) is 18.4 Å². The number of hydrogen-bond acceptors (Lipinski definition) is 6. The maximum atomic E-state index is 12.2. The molecule has 0 unspecified atom stereocenters. The Kier molecular flexibility index (Phi) is 4.99. The second kappa shape index (κ2) is 7.21. The number of carbonyl (C=O) groups excluding carboxylic acids is 1. The maximum absolute atomic E-state index is 12.2. The molecule has 0 saturated carbocycles. The van der Waals surface area contributed by atoms with Gasteiger partial charge in [-0.15, -0.1) is 0 Å². The summed E-state index contributed by atoms with van der Waals surface area (Å²) in [6, 6.07) is 13.4. The van der Waals surface area contributed by atoms with Gasteiger partial charge in [-0.1, -0.05) is 24.3 Å². The van der Waals surface area contributed by atoms with Crippen LogP contribution in [-0.2, 0) is 21.2 Å². The van der Waals surface area contributed by atoms with E-state index in [1.165, 1.54) is 12.1 Å². The molecule has 2 aromatic carbocycles. The molecule has 136 valence electrons. The van der Waals surface area contributed by atoms with Crippen molar-refractivity contribution in [1.82, 2.24) is 0 Å². The Morgan fingerprint density at radius 1 is 1.12 bits per heavy atom. The predicted molar refractivity (Wildman–Crippen MR) is 96.1 cm³/mol. The molecule has 1 aromatic heterocycles. The third-order valence-electron chi connectivity index (χ3n) is 3.78. The zero-order chi connectivity index (χ0) is 18.7. The first-order valence-corrected chi connectivity index (χ1v) is 9.89. The molecule has 0 bridgehead atoms. The molecule has 0 aliphatic rings. The Labute approximate surface area is 151 Å². The minimum Gasteiger partial charge on any atom is -0.489 e. The number of hydrogen-bond donors (Lipinski definition) is 0. The van der Waals surface area contributed by atoms with Crippen LogP contribution in [-0.4, -0.2) is 27.2 Å². The highest BCUT2D eigenvalue weighted by Crippen LogP contribution is 2.28. The van der Waals surface area contributed by atoms with Gasteiger partial charge in [0.15, 0.2) is 9.84 Å². The molecule has 0 aliphatic heterocycles. The molecule has 3 rings (SSSR count). The lowest BCUT2D eigenvalue weighted by molar-refractivity contribution is 0.0488. The topological polar surface area (TPSA) is 82.8 Å². The summed E-state index contributed by atoms with van der Waals surface area (Å²) in [4.78, 5) is 12.3. The summed E-state index contributed by atoms with van der Waals surface area (Å²) < 4.78 is 39.8. The lowest BCUT2D eigenvalue weighted by atomic mass is 10.1. The monoisotopic (exact) mass is 374 g/mol. The number of carbonyl (C=O) groups is 1. The minimum atomic E-state index is -3.33. The minimum absolute atomic E-state index is 0.0401. The van der Waals surface area contributed by atoms with E-state index in [-0.39, 0.29) is 23.9 Å². The molecule has 0 spiro atoms. The van der Waals surface area contributed by atoms with Gasteiger partial charge in [0.2, 0.25) is 5.76 Å². The Morgan fingerprint density at radius 3 is 2.62 bits per heavy atom. The van der Waals surface area contributed by atoms with Gasteiger partial charge in [-0.3, -0.25) is 0 Å². The van der Waals surface area contributed by atoms with Crippen molar-refractivity contribution in [2.24, 2.45) is 0 Å². The van der Waals surface area contributed by atoms with Gasteiger partial charge in [0.25, 0.3) is 0 Å². The smallest absolute Gasteiger partial charge is 0.374 e. The Balaban J connectivity index is 1.93. The molecule has 1 heterocycles. The van der Waals surface area contributed by atoms with Crippen molar-refractivity contribution in [1.29, 1.82) is 0 Å². The predicted octanol–water partition coefficient (Wildman–Crippen LogP) is 3.59. The van der Waals surface area contributed by atoms with Crippen LogP contribution in [0.4, 0.5) is 0 Å². The summed E-state index contributed by atoms with van der Waals surface area (Å²) in [5.74, 6) is -0.0903. The lowest BCUT2D eigenvalue weighted by Crippen LogP contribution is -2.08. The van der Waals surface area contributed by atoms with E-state index in [0.29, 0.717) is 16.9 Å². The van der Waals surface area contributed by atoms with Crippen molar-refractivity contribution in [3.8, 4) is 5.75 Å². The first kappa shape index (κ1) is 18.0. The summed E-state index contributed by atoms with van der Waals surface area (Å²) in [5.41, 5.74) is 1.11. The van der Waals surface area contributed by atoms with Gasteiger partial charge in [0.1, 0.15) is 17.9 Å². The maximum Gasteiger partial charge on any atom is 0.374 e. The van der Waals surface area contributed by atoms with E-state index in [0.717, 1.165) is 11.6 Å². The van der Waals surface area contributed by atoms with Crippen LogP contribution in [0.5, 0.6) is 5.75 Å². The Hall–Kier alpha value is -2.80. The molecule has 0 aliphatic carbocycles. The number of para-hydroxylation sites is 1. The fourth-order valence-corrected chi connectivity index (χ4v) is 3.21. The molecule has 3 aromatic rings. The van der Waals surface area contributed by atoms with E-state index in [9.17, 15) is 13.2 Å². The van der Waals surface area contributed by atoms with E-state index in [2.05, 4.69) is 0 Å². The number of rotatable bonds is 6. The molecule has 7 heteroatoms. The lowest BCUT2D eigenvalue weighted by Gasteiger charge is -2.08. The van der Waals surface area contributed by atoms with Gasteiger partial charge in [-0.2, -0.15) is 0 Å². The second-order valence-electron chi connectivity index (χ2n) is 5.66. The van der Waals surface area contributed by atoms with E-state index in [1.807, 2.05) is 12.1 Å². The summed E-state index contributed by atoms with van der Waals surface area (Å²) in [6.07, 6.45) is 1.13. The third-order valence-corrected chi connectivity index (χ3v) is 4.89. The number of sulfone groups is 1. The molecule has 0 atom stereocenters.